The first-order chi connectivity index (χ1) is 13.8. The summed E-state index contributed by atoms with van der Waals surface area (Å²) in [6.07, 6.45) is 3.23. The van der Waals surface area contributed by atoms with Crippen LogP contribution in [-0.2, 0) is 0 Å². The minimum atomic E-state index is -0.758. The van der Waals surface area contributed by atoms with E-state index in [1.807, 2.05) is 0 Å². The van der Waals surface area contributed by atoms with Gasteiger partial charge in [-0.2, -0.15) is 0 Å². The summed E-state index contributed by atoms with van der Waals surface area (Å²) in [6.45, 7) is 5.27. The molecule has 2 heterocycles. The fraction of sp³-hybridized carbons (Fsp3) is 0.381. The van der Waals surface area contributed by atoms with Gasteiger partial charge < -0.3 is 19.7 Å². The molecule has 2 aliphatic heterocycles. The lowest BCUT2D eigenvalue weighted by Crippen LogP contribution is -2.31. The Kier molecular flexibility index (Phi) is 4.77. The van der Waals surface area contributed by atoms with Gasteiger partial charge in [0.1, 0.15) is 0 Å². The first-order valence-corrected chi connectivity index (χ1v) is 9.69. The number of nitro benzene ring substituents is 1. The van der Waals surface area contributed by atoms with Gasteiger partial charge in [0, 0.05) is 50.8 Å². The zero-order valence-corrected chi connectivity index (χ0v) is 16.4. The quantitative estimate of drug-likeness (QED) is 0.609. The number of hydrogen-bond donors (Lipinski definition) is 1. The number of non-ortho nitro benzene ring substituents is 1. The molecular weight excluding hydrogens is 374 g/mol. The Hall–Kier alpha value is -3.29. The van der Waals surface area contributed by atoms with Gasteiger partial charge in [0.25, 0.3) is 11.6 Å². The first-order valence-electron chi connectivity index (χ1n) is 9.69. The number of nitrogens with one attached hydrogen (secondary N) is 1. The lowest BCUT2D eigenvalue weighted by atomic mass is 10.1. The van der Waals surface area contributed by atoms with E-state index in [0.29, 0.717) is 22.7 Å². The van der Waals surface area contributed by atoms with Gasteiger partial charge in [-0.1, -0.05) is 0 Å². The Morgan fingerprint density at radius 2 is 1.79 bits per heavy atom. The maximum atomic E-state index is 13.0. The van der Waals surface area contributed by atoms with Crippen LogP contribution in [0.1, 0.15) is 43.5 Å². The molecular formula is C21H23N3O5. The second-order valence-corrected chi connectivity index (χ2v) is 7.73. The Morgan fingerprint density at radius 1 is 1.07 bits per heavy atom. The van der Waals surface area contributed by atoms with Crippen molar-refractivity contribution in [3.05, 3.63) is 52.1 Å². The predicted octanol–water partition coefficient (Wildman–Crippen LogP) is 4.34. The minimum Gasteiger partial charge on any atom is -0.449 e. The molecule has 0 saturated carbocycles. The van der Waals surface area contributed by atoms with Crippen LogP contribution >= 0.6 is 0 Å². The number of nitro groups is 1. The van der Waals surface area contributed by atoms with Crippen LogP contribution in [0.15, 0.2) is 36.4 Å². The molecule has 2 aromatic carbocycles. The lowest BCUT2D eigenvalue weighted by molar-refractivity contribution is -0.384. The average molecular weight is 397 g/mol. The Labute approximate surface area is 168 Å². The molecule has 1 N–H and O–H groups in total. The summed E-state index contributed by atoms with van der Waals surface area (Å²) in [5, 5.41) is 14.1. The van der Waals surface area contributed by atoms with Crippen LogP contribution in [-0.4, -0.2) is 29.7 Å². The molecule has 1 amide bonds. The van der Waals surface area contributed by atoms with Crippen molar-refractivity contribution >= 4 is 23.0 Å². The molecule has 0 unspecified atom stereocenters. The molecule has 0 aromatic heterocycles. The smallest absolute Gasteiger partial charge is 0.270 e. The van der Waals surface area contributed by atoms with E-state index in [0.717, 1.165) is 38.0 Å². The topological polar surface area (TPSA) is 93.9 Å². The molecule has 0 bridgehead atoms. The Morgan fingerprint density at radius 3 is 2.52 bits per heavy atom. The fourth-order valence-corrected chi connectivity index (χ4v) is 3.73. The van der Waals surface area contributed by atoms with E-state index in [2.05, 4.69) is 10.2 Å². The van der Waals surface area contributed by atoms with E-state index < -0.39 is 16.6 Å². The molecule has 0 spiro atoms. The molecule has 4 rings (SSSR count). The van der Waals surface area contributed by atoms with Crippen LogP contribution < -0.4 is 19.7 Å². The van der Waals surface area contributed by atoms with Crippen molar-refractivity contribution in [1.82, 2.24) is 0 Å². The molecule has 29 heavy (non-hydrogen) atoms. The van der Waals surface area contributed by atoms with Crippen molar-refractivity contribution < 1.29 is 19.2 Å². The number of anilines is 2. The highest BCUT2D eigenvalue weighted by Gasteiger charge is 2.32. The minimum absolute atomic E-state index is 0.108. The van der Waals surface area contributed by atoms with E-state index in [9.17, 15) is 14.9 Å². The molecule has 0 aliphatic carbocycles. The number of fused-ring (bicyclic) bond motifs is 1. The molecule has 8 nitrogen and oxygen atoms in total. The summed E-state index contributed by atoms with van der Waals surface area (Å²) in [5.74, 6) is -0.000233. The highest BCUT2D eigenvalue weighted by molar-refractivity contribution is 6.08. The lowest BCUT2D eigenvalue weighted by Gasteiger charge is -2.30. The number of amides is 1. The number of ether oxygens (including phenoxy) is 2. The third-order valence-corrected chi connectivity index (χ3v) is 5.05. The normalized spacial score (nSPS) is 17.1. The number of benzene rings is 2. The SMILES string of the molecule is CC1(C)Oc2ccc(NC(=O)c3cc([N+](=O)[O-])ccc3N3CCCCC3)cc2O1. The monoisotopic (exact) mass is 397 g/mol. The molecule has 2 aromatic rings. The molecule has 0 atom stereocenters. The number of hydrogen-bond acceptors (Lipinski definition) is 6. The Bertz CT molecular complexity index is 967. The molecule has 8 heteroatoms. The predicted molar refractivity (Wildman–Crippen MR) is 109 cm³/mol. The molecule has 0 radical (unpaired) electrons. The van der Waals surface area contributed by atoms with Gasteiger partial charge in [-0.3, -0.25) is 14.9 Å². The number of rotatable bonds is 4. The van der Waals surface area contributed by atoms with Crippen LogP contribution in [0.5, 0.6) is 11.5 Å². The number of carbonyl (C=O) groups is 1. The van der Waals surface area contributed by atoms with Crippen molar-refractivity contribution in [2.45, 2.75) is 38.9 Å². The van der Waals surface area contributed by atoms with Crippen LogP contribution in [0.25, 0.3) is 0 Å². The summed E-state index contributed by atoms with van der Waals surface area (Å²) in [6, 6.07) is 9.61. The average Bonchev–Trinajstić information content (AvgIpc) is 3.01. The standard InChI is InChI=1S/C21H23N3O5/c1-21(2)28-18-9-6-14(12-19(18)29-21)22-20(25)16-13-15(24(26)27)7-8-17(16)23-10-4-3-5-11-23/h6-9,12-13H,3-5,10-11H2,1-2H3,(H,22,25). The van der Waals surface area contributed by atoms with Crippen LogP contribution in [0, 0.1) is 10.1 Å². The van der Waals surface area contributed by atoms with Crippen molar-refractivity contribution in [1.29, 1.82) is 0 Å². The van der Waals surface area contributed by atoms with E-state index in [-0.39, 0.29) is 5.69 Å². The highest BCUT2D eigenvalue weighted by atomic mass is 16.7. The van der Waals surface area contributed by atoms with E-state index in [1.54, 1.807) is 38.1 Å². The molecule has 152 valence electrons. The summed E-state index contributed by atoms with van der Waals surface area (Å²) in [7, 11) is 0. The fourth-order valence-electron chi connectivity index (χ4n) is 3.73. The second-order valence-electron chi connectivity index (χ2n) is 7.73. The van der Waals surface area contributed by atoms with Crippen LogP contribution in [0.3, 0.4) is 0 Å². The van der Waals surface area contributed by atoms with E-state index in [4.69, 9.17) is 9.47 Å². The first kappa shape index (κ1) is 19.0. The van der Waals surface area contributed by atoms with Gasteiger partial charge >= 0.3 is 0 Å². The summed E-state index contributed by atoms with van der Waals surface area (Å²) < 4.78 is 11.4. The third-order valence-electron chi connectivity index (χ3n) is 5.05. The number of carbonyl (C=O) groups excluding carboxylic acids is 1. The van der Waals surface area contributed by atoms with Gasteiger partial charge in [0.2, 0.25) is 5.79 Å². The van der Waals surface area contributed by atoms with Gasteiger partial charge in [-0.15, -0.1) is 0 Å². The van der Waals surface area contributed by atoms with Gasteiger partial charge in [0.05, 0.1) is 16.2 Å². The zero-order chi connectivity index (χ0) is 20.6. The van der Waals surface area contributed by atoms with Crippen LogP contribution in [0.4, 0.5) is 17.1 Å². The number of piperidine rings is 1. The van der Waals surface area contributed by atoms with Gasteiger partial charge in [-0.05, 0) is 37.5 Å². The summed E-state index contributed by atoms with van der Waals surface area (Å²) in [4.78, 5) is 25.9. The third kappa shape index (κ3) is 3.96. The van der Waals surface area contributed by atoms with Crippen molar-refractivity contribution in [3.63, 3.8) is 0 Å². The summed E-state index contributed by atoms with van der Waals surface area (Å²) in [5.41, 5.74) is 1.43. The van der Waals surface area contributed by atoms with Crippen molar-refractivity contribution in [3.8, 4) is 11.5 Å². The van der Waals surface area contributed by atoms with E-state index in [1.165, 1.54) is 12.1 Å². The maximum Gasteiger partial charge on any atom is 0.270 e. The molecule has 1 saturated heterocycles. The maximum absolute atomic E-state index is 13.0. The Balaban J connectivity index is 1.62. The zero-order valence-electron chi connectivity index (χ0n) is 16.4. The van der Waals surface area contributed by atoms with Crippen LogP contribution in [0.2, 0.25) is 0 Å². The van der Waals surface area contributed by atoms with Crippen molar-refractivity contribution in [2.24, 2.45) is 0 Å². The number of nitrogens with zero attached hydrogens (tertiary/aromatic N) is 2. The molecule has 2 aliphatic rings. The van der Waals surface area contributed by atoms with Crippen molar-refractivity contribution in [2.75, 3.05) is 23.3 Å². The largest absolute Gasteiger partial charge is 0.449 e. The van der Waals surface area contributed by atoms with Gasteiger partial charge in [0.15, 0.2) is 11.5 Å². The highest BCUT2D eigenvalue weighted by Crippen LogP contribution is 2.41. The van der Waals surface area contributed by atoms with Gasteiger partial charge in [-0.25, -0.2) is 0 Å². The molecule has 1 fully saturated rings. The summed E-state index contributed by atoms with van der Waals surface area (Å²) >= 11 is 0. The van der Waals surface area contributed by atoms with E-state index >= 15 is 0 Å². The second kappa shape index (κ2) is 7.27.